The summed E-state index contributed by atoms with van der Waals surface area (Å²) in [6.07, 6.45) is -4.64. The predicted octanol–water partition coefficient (Wildman–Crippen LogP) is 4.90. The normalized spacial score (nSPS) is 12.7. The first-order valence-electron chi connectivity index (χ1n) is 9.87. The molecule has 0 aliphatic heterocycles. The molecule has 2 N–H and O–H groups in total. The van der Waals surface area contributed by atoms with Crippen molar-refractivity contribution in [1.82, 2.24) is 4.72 Å². The van der Waals surface area contributed by atoms with Gasteiger partial charge in [0.1, 0.15) is 11.8 Å². The van der Waals surface area contributed by atoms with Gasteiger partial charge in [-0.15, -0.1) is 0 Å². The van der Waals surface area contributed by atoms with Crippen molar-refractivity contribution >= 4 is 33.2 Å². The molecule has 3 aromatic carbocycles. The van der Waals surface area contributed by atoms with E-state index in [0.29, 0.717) is 5.56 Å². The van der Waals surface area contributed by atoms with E-state index in [4.69, 9.17) is 16.3 Å². The summed E-state index contributed by atoms with van der Waals surface area (Å²) in [4.78, 5) is 12.8. The van der Waals surface area contributed by atoms with Crippen molar-refractivity contribution in [2.24, 2.45) is 0 Å². The van der Waals surface area contributed by atoms with Crippen molar-refractivity contribution < 1.29 is 31.1 Å². The van der Waals surface area contributed by atoms with Crippen LogP contribution in [0.4, 0.5) is 18.9 Å². The Bertz CT molecular complexity index is 1270. The zero-order valence-electron chi connectivity index (χ0n) is 17.8. The van der Waals surface area contributed by atoms with E-state index in [2.05, 4.69) is 10.0 Å². The fourth-order valence-electron chi connectivity index (χ4n) is 3.11. The predicted molar refractivity (Wildman–Crippen MR) is 122 cm³/mol. The summed E-state index contributed by atoms with van der Waals surface area (Å²) in [6.45, 7) is 0. The molecule has 3 rings (SSSR count). The lowest BCUT2D eigenvalue weighted by molar-refractivity contribution is -0.137. The highest BCUT2D eigenvalue weighted by Gasteiger charge is 2.31. The summed E-state index contributed by atoms with van der Waals surface area (Å²) in [5.41, 5.74) is -0.426. The molecule has 0 heterocycles. The molecule has 34 heavy (non-hydrogen) atoms. The third-order valence-electron chi connectivity index (χ3n) is 4.79. The number of sulfonamides is 1. The smallest absolute Gasteiger partial charge is 0.416 e. The number of alkyl halides is 3. The number of anilines is 1. The number of nitrogens with one attached hydrogen (secondary N) is 2. The van der Waals surface area contributed by atoms with Crippen LogP contribution >= 0.6 is 11.6 Å². The first-order chi connectivity index (χ1) is 16.0. The quantitative estimate of drug-likeness (QED) is 0.450. The lowest BCUT2D eigenvalue weighted by Crippen LogP contribution is -2.45. The molecule has 1 amide bonds. The van der Waals surface area contributed by atoms with Crippen molar-refractivity contribution in [2.75, 3.05) is 12.4 Å². The minimum Gasteiger partial charge on any atom is -0.495 e. The molecular weight excluding hydrogens is 493 g/mol. The van der Waals surface area contributed by atoms with Crippen molar-refractivity contribution in [3.8, 4) is 5.75 Å². The number of carbonyl (C=O) groups is 1. The highest BCUT2D eigenvalue weighted by atomic mass is 35.5. The van der Waals surface area contributed by atoms with Crippen molar-refractivity contribution in [1.29, 1.82) is 0 Å². The molecular formula is C23H20ClF3N2O4S. The van der Waals surface area contributed by atoms with Gasteiger partial charge in [-0.3, -0.25) is 4.79 Å². The largest absolute Gasteiger partial charge is 0.495 e. The van der Waals surface area contributed by atoms with Gasteiger partial charge in [0.05, 0.1) is 22.6 Å². The van der Waals surface area contributed by atoms with Crippen LogP contribution in [0.3, 0.4) is 0 Å². The minimum absolute atomic E-state index is 0.0469. The zero-order chi connectivity index (χ0) is 24.9. The van der Waals surface area contributed by atoms with E-state index in [9.17, 15) is 26.4 Å². The van der Waals surface area contributed by atoms with Crippen molar-refractivity contribution in [2.45, 2.75) is 23.5 Å². The molecule has 1 atom stereocenters. The van der Waals surface area contributed by atoms with E-state index < -0.39 is 33.7 Å². The molecule has 0 aromatic heterocycles. The highest BCUT2D eigenvalue weighted by molar-refractivity contribution is 7.89. The number of ether oxygens (including phenoxy) is 1. The van der Waals surface area contributed by atoms with Gasteiger partial charge in [-0.1, -0.05) is 48.0 Å². The third kappa shape index (κ3) is 6.49. The maximum Gasteiger partial charge on any atom is 0.416 e. The molecule has 3 aromatic rings. The van der Waals surface area contributed by atoms with Gasteiger partial charge in [0.2, 0.25) is 15.9 Å². The molecule has 0 fully saturated rings. The van der Waals surface area contributed by atoms with Gasteiger partial charge < -0.3 is 10.1 Å². The monoisotopic (exact) mass is 512 g/mol. The summed E-state index contributed by atoms with van der Waals surface area (Å²) >= 11 is 6.03. The van der Waals surface area contributed by atoms with Crippen molar-refractivity contribution in [3.05, 3.63) is 88.9 Å². The Balaban J connectivity index is 1.89. The van der Waals surface area contributed by atoms with Crippen LogP contribution in [-0.4, -0.2) is 27.5 Å². The van der Waals surface area contributed by atoms with Gasteiger partial charge in [-0.2, -0.15) is 17.9 Å². The first-order valence-corrected chi connectivity index (χ1v) is 11.7. The fraction of sp³-hybridized carbons (Fsp3) is 0.174. The van der Waals surface area contributed by atoms with Crippen LogP contribution < -0.4 is 14.8 Å². The summed E-state index contributed by atoms with van der Waals surface area (Å²) in [5.74, 6) is -0.560. The molecule has 180 valence electrons. The molecule has 0 radical (unpaired) electrons. The van der Waals surface area contributed by atoms with Gasteiger partial charge in [0.25, 0.3) is 0 Å². The number of amides is 1. The molecule has 0 aliphatic rings. The van der Waals surface area contributed by atoms with E-state index >= 15 is 0 Å². The SMILES string of the molecule is COc1ccc(S(=O)(=O)N[C@@H](Cc2ccccc2)C(=O)Nc2cccc(C(F)(F)F)c2)cc1Cl. The molecule has 0 unspecified atom stereocenters. The zero-order valence-corrected chi connectivity index (χ0v) is 19.3. The number of methoxy groups -OCH3 is 1. The Kier molecular flexibility index (Phi) is 7.86. The van der Waals surface area contributed by atoms with E-state index in [1.807, 2.05) is 0 Å². The van der Waals surface area contributed by atoms with Crippen LogP contribution in [0.1, 0.15) is 11.1 Å². The fourth-order valence-corrected chi connectivity index (χ4v) is 4.65. The van der Waals surface area contributed by atoms with E-state index in [1.165, 1.54) is 31.4 Å². The summed E-state index contributed by atoms with van der Waals surface area (Å²) in [6, 6.07) is 15.1. The van der Waals surface area contributed by atoms with Crippen LogP contribution in [-0.2, 0) is 27.4 Å². The Labute approximate surface area is 199 Å². The van der Waals surface area contributed by atoms with E-state index in [1.54, 1.807) is 30.3 Å². The average Bonchev–Trinajstić information content (AvgIpc) is 2.78. The molecule has 11 heteroatoms. The number of hydrogen-bond acceptors (Lipinski definition) is 4. The molecule has 0 saturated heterocycles. The number of halogens is 4. The second-order valence-electron chi connectivity index (χ2n) is 7.23. The highest BCUT2D eigenvalue weighted by Crippen LogP contribution is 2.31. The standard InChI is InChI=1S/C23H20ClF3N2O4S/c1-33-21-11-10-18(14-19(21)24)34(31,32)29-20(12-15-6-3-2-4-7-15)22(30)28-17-9-5-8-16(13-17)23(25,26)27/h2-11,13-14,20,29H,12H2,1H3,(H,28,30)/t20-/m0/s1. The Morgan fingerprint density at radius 2 is 1.74 bits per heavy atom. The van der Waals surface area contributed by atoms with Crippen LogP contribution in [0.5, 0.6) is 5.75 Å². The van der Waals surface area contributed by atoms with E-state index in [-0.39, 0.29) is 27.8 Å². The molecule has 0 bridgehead atoms. The minimum atomic E-state index is -4.60. The second-order valence-corrected chi connectivity index (χ2v) is 9.35. The van der Waals surface area contributed by atoms with Gasteiger partial charge in [0, 0.05) is 5.69 Å². The Hall–Kier alpha value is -3.08. The number of hydrogen-bond donors (Lipinski definition) is 2. The van der Waals surface area contributed by atoms with Crippen LogP contribution in [0.2, 0.25) is 5.02 Å². The van der Waals surface area contributed by atoms with Gasteiger partial charge in [-0.05, 0) is 48.4 Å². The molecule has 6 nitrogen and oxygen atoms in total. The average molecular weight is 513 g/mol. The van der Waals surface area contributed by atoms with Gasteiger partial charge >= 0.3 is 6.18 Å². The third-order valence-corrected chi connectivity index (χ3v) is 6.55. The molecule has 0 spiro atoms. The number of rotatable bonds is 8. The van der Waals surface area contributed by atoms with Crippen molar-refractivity contribution in [3.63, 3.8) is 0 Å². The van der Waals surface area contributed by atoms with Crippen LogP contribution in [0.25, 0.3) is 0 Å². The lowest BCUT2D eigenvalue weighted by atomic mass is 10.1. The Morgan fingerprint density at radius 3 is 2.35 bits per heavy atom. The first kappa shape index (κ1) is 25.5. The number of carbonyl (C=O) groups excluding carboxylic acids is 1. The van der Waals surface area contributed by atoms with Crippen LogP contribution in [0, 0.1) is 0 Å². The maximum atomic E-state index is 13.0. The van der Waals surface area contributed by atoms with Crippen LogP contribution in [0.15, 0.2) is 77.7 Å². The second kappa shape index (κ2) is 10.5. The summed E-state index contributed by atoms with van der Waals surface area (Å²) in [5, 5.41) is 2.42. The van der Waals surface area contributed by atoms with Gasteiger partial charge in [-0.25, -0.2) is 8.42 Å². The number of benzene rings is 3. The molecule has 0 aliphatic carbocycles. The maximum absolute atomic E-state index is 13.0. The Morgan fingerprint density at radius 1 is 1.03 bits per heavy atom. The molecule has 0 saturated carbocycles. The topological polar surface area (TPSA) is 84.5 Å². The van der Waals surface area contributed by atoms with E-state index in [0.717, 1.165) is 18.2 Å². The lowest BCUT2D eigenvalue weighted by Gasteiger charge is -2.19. The van der Waals surface area contributed by atoms with Gasteiger partial charge in [0.15, 0.2) is 0 Å². The summed E-state index contributed by atoms with van der Waals surface area (Å²) < 4.78 is 72.4. The summed E-state index contributed by atoms with van der Waals surface area (Å²) in [7, 11) is -2.85.